The van der Waals surface area contributed by atoms with E-state index in [2.05, 4.69) is 4.74 Å². The van der Waals surface area contributed by atoms with Gasteiger partial charge in [-0.25, -0.2) is 0 Å². The van der Waals surface area contributed by atoms with Gasteiger partial charge in [-0.1, -0.05) is 0 Å². The summed E-state index contributed by atoms with van der Waals surface area (Å²) in [5.41, 5.74) is -0.415. The summed E-state index contributed by atoms with van der Waals surface area (Å²) in [6.07, 6.45) is 0.0518. The summed E-state index contributed by atoms with van der Waals surface area (Å²) in [6.45, 7) is 3.50. The van der Waals surface area contributed by atoms with Gasteiger partial charge in [-0.05, 0) is 32.0 Å². The number of carbonyl (C=O) groups excluding carboxylic acids is 2. The van der Waals surface area contributed by atoms with Crippen molar-refractivity contribution in [1.82, 2.24) is 4.90 Å². The Morgan fingerprint density at radius 2 is 2.00 bits per heavy atom. The molecule has 0 saturated heterocycles. The molecule has 0 spiro atoms. The fourth-order valence-electron chi connectivity index (χ4n) is 2.26. The fourth-order valence-corrected chi connectivity index (χ4v) is 2.26. The molecular weight excluding hydrogens is 302 g/mol. The molecule has 0 atom stereocenters. The molecule has 1 heterocycles. The Bertz CT molecular complexity index is 598. The van der Waals surface area contributed by atoms with Gasteiger partial charge in [-0.2, -0.15) is 0 Å². The number of amides is 1. The fraction of sp³-hybridized carbons (Fsp3) is 0.500. The van der Waals surface area contributed by atoms with Crippen molar-refractivity contribution in [3.05, 3.63) is 23.8 Å². The van der Waals surface area contributed by atoms with Crippen LogP contribution in [0.5, 0.6) is 11.5 Å². The van der Waals surface area contributed by atoms with Gasteiger partial charge < -0.3 is 24.2 Å². The number of aliphatic hydroxyl groups excluding tert-OH is 1. The third-order valence-corrected chi connectivity index (χ3v) is 3.75. The Morgan fingerprint density at radius 1 is 1.30 bits per heavy atom. The molecule has 1 amide bonds. The molecule has 7 heteroatoms. The lowest BCUT2D eigenvalue weighted by Gasteiger charge is -2.37. The minimum Gasteiger partial charge on any atom is -0.469 e. The second-order valence-corrected chi connectivity index (χ2v) is 5.82. The number of rotatable bonds is 6. The van der Waals surface area contributed by atoms with Crippen LogP contribution < -0.4 is 9.47 Å². The van der Waals surface area contributed by atoms with E-state index < -0.39 is 11.5 Å². The largest absolute Gasteiger partial charge is 0.469 e. The summed E-state index contributed by atoms with van der Waals surface area (Å²) in [6, 6.07) is 4.90. The highest BCUT2D eigenvalue weighted by Crippen LogP contribution is 2.33. The summed E-state index contributed by atoms with van der Waals surface area (Å²) < 4.78 is 15.1. The molecule has 1 aromatic carbocycles. The number of fused-ring (bicyclic) bond motifs is 1. The van der Waals surface area contributed by atoms with Gasteiger partial charge in [0.1, 0.15) is 0 Å². The van der Waals surface area contributed by atoms with Crippen molar-refractivity contribution in [2.75, 3.05) is 27.1 Å². The Kier molecular flexibility index (Phi) is 5.10. The van der Waals surface area contributed by atoms with E-state index in [0.29, 0.717) is 17.1 Å². The molecular formula is C16H21NO6. The minimum absolute atomic E-state index is 0.0518. The molecule has 0 bridgehead atoms. The number of ether oxygens (including phenoxy) is 3. The van der Waals surface area contributed by atoms with Crippen LogP contribution in [0.1, 0.15) is 30.6 Å². The van der Waals surface area contributed by atoms with Crippen LogP contribution in [0.25, 0.3) is 0 Å². The first kappa shape index (κ1) is 17.1. The lowest BCUT2D eigenvalue weighted by Crippen LogP contribution is -2.51. The normalized spacial score (nSPS) is 12.9. The molecule has 0 saturated carbocycles. The topological polar surface area (TPSA) is 85.3 Å². The Morgan fingerprint density at radius 3 is 2.65 bits per heavy atom. The molecule has 0 radical (unpaired) electrons. The molecule has 0 aliphatic carbocycles. The SMILES string of the molecule is COC(=O)CCN(C(=O)c1ccc2c(c1)OCO2)C(C)(C)CO. The standard InChI is InChI=1S/C16H21NO6/c1-16(2,9-18)17(7-6-14(19)21-3)15(20)11-4-5-12-13(8-11)23-10-22-12/h4-5,8,18H,6-7,9-10H2,1-3H3. The maximum atomic E-state index is 12.8. The van der Waals surface area contributed by atoms with Gasteiger partial charge in [-0.15, -0.1) is 0 Å². The van der Waals surface area contributed by atoms with E-state index in [0.717, 1.165) is 0 Å². The van der Waals surface area contributed by atoms with Crippen molar-refractivity contribution < 1.29 is 28.9 Å². The van der Waals surface area contributed by atoms with Gasteiger partial charge in [-0.3, -0.25) is 9.59 Å². The molecule has 1 aromatic rings. The summed E-state index contributed by atoms with van der Waals surface area (Å²) in [5.74, 6) is 0.378. The lowest BCUT2D eigenvalue weighted by molar-refractivity contribution is -0.141. The van der Waals surface area contributed by atoms with Gasteiger partial charge in [0.2, 0.25) is 6.79 Å². The van der Waals surface area contributed by atoms with Crippen LogP contribution in [0.4, 0.5) is 0 Å². The maximum Gasteiger partial charge on any atom is 0.307 e. The molecule has 1 N–H and O–H groups in total. The van der Waals surface area contributed by atoms with Crippen molar-refractivity contribution in [3.8, 4) is 11.5 Å². The van der Waals surface area contributed by atoms with E-state index in [1.54, 1.807) is 32.0 Å². The molecule has 0 fully saturated rings. The van der Waals surface area contributed by atoms with Gasteiger partial charge in [0.15, 0.2) is 11.5 Å². The number of benzene rings is 1. The van der Waals surface area contributed by atoms with Gasteiger partial charge in [0.25, 0.3) is 5.91 Å². The molecule has 7 nitrogen and oxygen atoms in total. The lowest BCUT2D eigenvalue weighted by atomic mass is 10.0. The van der Waals surface area contributed by atoms with Crippen LogP contribution >= 0.6 is 0 Å². The minimum atomic E-state index is -0.818. The van der Waals surface area contributed by atoms with Gasteiger partial charge in [0.05, 0.1) is 25.7 Å². The first-order chi connectivity index (χ1) is 10.9. The number of esters is 1. The third-order valence-electron chi connectivity index (χ3n) is 3.75. The molecule has 0 unspecified atom stereocenters. The Labute approximate surface area is 134 Å². The van der Waals surface area contributed by atoms with Gasteiger partial charge >= 0.3 is 5.97 Å². The first-order valence-corrected chi connectivity index (χ1v) is 7.28. The molecule has 2 rings (SSSR count). The summed E-state index contributed by atoms with van der Waals surface area (Å²) in [7, 11) is 1.30. The van der Waals surface area contributed by atoms with E-state index in [4.69, 9.17) is 9.47 Å². The van der Waals surface area contributed by atoms with Crippen LogP contribution in [-0.4, -0.2) is 54.5 Å². The van der Waals surface area contributed by atoms with E-state index in [-0.39, 0.29) is 32.3 Å². The molecule has 126 valence electrons. The molecule has 23 heavy (non-hydrogen) atoms. The zero-order valence-corrected chi connectivity index (χ0v) is 13.5. The number of hydrogen-bond acceptors (Lipinski definition) is 6. The highest BCUT2D eigenvalue weighted by atomic mass is 16.7. The third kappa shape index (κ3) is 3.73. The zero-order chi connectivity index (χ0) is 17.0. The van der Waals surface area contributed by atoms with E-state index in [1.807, 2.05) is 0 Å². The molecule has 1 aliphatic rings. The van der Waals surface area contributed by atoms with Crippen LogP contribution in [0.15, 0.2) is 18.2 Å². The van der Waals surface area contributed by atoms with Crippen molar-refractivity contribution >= 4 is 11.9 Å². The highest BCUT2D eigenvalue weighted by Gasteiger charge is 2.32. The average molecular weight is 323 g/mol. The highest BCUT2D eigenvalue weighted by molar-refractivity contribution is 5.95. The predicted octanol–water partition coefficient (Wildman–Crippen LogP) is 1.19. The Balaban J connectivity index is 2.23. The van der Waals surface area contributed by atoms with Gasteiger partial charge in [0, 0.05) is 12.1 Å². The van der Waals surface area contributed by atoms with Crippen LogP contribution in [0, 0.1) is 0 Å². The van der Waals surface area contributed by atoms with Crippen molar-refractivity contribution in [3.63, 3.8) is 0 Å². The number of nitrogens with zero attached hydrogens (tertiary/aromatic N) is 1. The van der Waals surface area contributed by atoms with Crippen LogP contribution in [0.3, 0.4) is 0 Å². The second kappa shape index (κ2) is 6.87. The Hall–Kier alpha value is -2.28. The quantitative estimate of drug-likeness (QED) is 0.792. The smallest absolute Gasteiger partial charge is 0.307 e. The van der Waals surface area contributed by atoms with E-state index in [1.165, 1.54) is 12.0 Å². The average Bonchev–Trinajstić information content (AvgIpc) is 3.01. The number of carbonyl (C=O) groups is 2. The summed E-state index contributed by atoms with van der Waals surface area (Å²) in [4.78, 5) is 25.7. The number of methoxy groups -OCH3 is 1. The van der Waals surface area contributed by atoms with E-state index in [9.17, 15) is 14.7 Å². The monoisotopic (exact) mass is 323 g/mol. The number of aliphatic hydroxyl groups is 1. The van der Waals surface area contributed by atoms with Crippen molar-refractivity contribution in [1.29, 1.82) is 0 Å². The van der Waals surface area contributed by atoms with Crippen molar-refractivity contribution in [2.24, 2.45) is 0 Å². The molecule has 1 aliphatic heterocycles. The predicted molar refractivity (Wildman–Crippen MR) is 81.4 cm³/mol. The maximum absolute atomic E-state index is 12.8. The zero-order valence-electron chi connectivity index (χ0n) is 13.5. The second-order valence-electron chi connectivity index (χ2n) is 5.82. The van der Waals surface area contributed by atoms with E-state index >= 15 is 0 Å². The van der Waals surface area contributed by atoms with Crippen LogP contribution in [-0.2, 0) is 9.53 Å². The summed E-state index contributed by atoms with van der Waals surface area (Å²) in [5, 5.41) is 9.58. The first-order valence-electron chi connectivity index (χ1n) is 7.28. The van der Waals surface area contributed by atoms with Crippen molar-refractivity contribution in [2.45, 2.75) is 25.8 Å². The molecule has 0 aromatic heterocycles. The number of hydrogen-bond donors (Lipinski definition) is 1. The summed E-state index contributed by atoms with van der Waals surface area (Å²) >= 11 is 0. The van der Waals surface area contributed by atoms with Crippen LogP contribution in [0.2, 0.25) is 0 Å².